The average Bonchev–Trinajstić information content (AvgIpc) is 2.91. The van der Waals surface area contributed by atoms with Gasteiger partial charge in [0.05, 0.1) is 0 Å². The van der Waals surface area contributed by atoms with Crippen LogP contribution in [0.3, 0.4) is 0 Å². The van der Waals surface area contributed by atoms with Crippen LogP contribution in [0.5, 0.6) is 0 Å². The maximum absolute atomic E-state index is 2.63. The van der Waals surface area contributed by atoms with Gasteiger partial charge in [-0.05, 0) is 128 Å². The van der Waals surface area contributed by atoms with Gasteiger partial charge in [-0.2, -0.15) is 0 Å². The van der Waals surface area contributed by atoms with Crippen LogP contribution in [0.1, 0.15) is 163 Å². The first-order valence-corrected chi connectivity index (χ1v) is 16.4. The molecule has 0 heteroatoms. The molecule has 0 aromatic heterocycles. The SMILES string of the molecule is CCCCc1cc(CCCC)c(CCCC)c(Cc2cc(CCCC)cc(CCCC)c2CCCC)c1. The lowest BCUT2D eigenvalue weighted by Gasteiger charge is -2.22. The first-order chi connectivity index (χ1) is 18.1. The van der Waals surface area contributed by atoms with Crippen LogP contribution in [0.15, 0.2) is 24.3 Å². The van der Waals surface area contributed by atoms with Crippen LogP contribution in [0.25, 0.3) is 0 Å². The van der Waals surface area contributed by atoms with Crippen molar-refractivity contribution in [1.29, 1.82) is 0 Å². The number of rotatable bonds is 20. The second-order valence-corrected chi connectivity index (χ2v) is 11.6. The molecule has 0 unspecified atom stereocenters. The van der Waals surface area contributed by atoms with Crippen molar-refractivity contribution in [3.05, 3.63) is 68.8 Å². The van der Waals surface area contributed by atoms with Gasteiger partial charge in [0.15, 0.2) is 0 Å². The van der Waals surface area contributed by atoms with Crippen LogP contribution in [0, 0.1) is 0 Å². The van der Waals surface area contributed by atoms with Crippen LogP contribution in [0.4, 0.5) is 0 Å². The van der Waals surface area contributed by atoms with Gasteiger partial charge in [0.1, 0.15) is 0 Å². The highest BCUT2D eigenvalue weighted by atomic mass is 14.2. The van der Waals surface area contributed by atoms with E-state index in [1.807, 2.05) is 0 Å². The molecular weight excluding hydrogens is 444 g/mol. The van der Waals surface area contributed by atoms with Crippen molar-refractivity contribution in [2.24, 2.45) is 0 Å². The van der Waals surface area contributed by atoms with Gasteiger partial charge in [-0.1, -0.05) is 104 Å². The number of unbranched alkanes of at least 4 members (excludes halogenated alkanes) is 6. The Hall–Kier alpha value is -1.56. The second kappa shape index (κ2) is 18.7. The van der Waals surface area contributed by atoms with Gasteiger partial charge in [0.2, 0.25) is 0 Å². The quantitative estimate of drug-likeness (QED) is 0.168. The molecule has 0 saturated heterocycles. The van der Waals surface area contributed by atoms with Gasteiger partial charge >= 0.3 is 0 Å². The predicted octanol–water partition coefficient (Wildman–Crippen LogP) is 11.3. The lowest BCUT2D eigenvalue weighted by atomic mass is 9.83. The van der Waals surface area contributed by atoms with Crippen molar-refractivity contribution in [3.8, 4) is 0 Å². The summed E-state index contributed by atoms with van der Waals surface area (Å²) in [4.78, 5) is 0. The Morgan fingerprint density at radius 2 is 0.649 bits per heavy atom. The third-order valence-corrected chi connectivity index (χ3v) is 8.17. The summed E-state index contributed by atoms with van der Waals surface area (Å²) in [5.41, 5.74) is 13.2. The molecule has 2 aromatic carbocycles. The van der Waals surface area contributed by atoms with Crippen LogP contribution in [0.2, 0.25) is 0 Å². The van der Waals surface area contributed by atoms with E-state index in [4.69, 9.17) is 0 Å². The highest BCUT2D eigenvalue weighted by Gasteiger charge is 2.16. The van der Waals surface area contributed by atoms with Crippen LogP contribution in [-0.4, -0.2) is 0 Å². The molecule has 0 atom stereocenters. The third kappa shape index (κ3) is 10.6. The van der Waals surface area contributed by atoms with Crippen molar-refractivity contribution >= 4 is 0 Å². The topological polar surface area (TPSA) is 0 Å². The Morgan fingerprint density at radius 1 is 0.351 bits per heavy atom. The maximum atomic E-state index is 2.63. The summed E-state index contributed by atoms with van der Waals surface area (Å²) in [6.07, 6.45) is 24.1. The summed E-state index contributed by atoms with van der Waals surface area (Å²) in [5, 5.41) is 0. The fourth-order valence-corrected chi connectivity index (χ4v) is 5.84. The van der Waals surface area contributed by atoms with E-state index in [1.54, 1.807) is 44.5 Å². The summed E-state index contributed by atoms with van der Waals surface area (Å²) >= 11 is 0. The smallest absolute Gasteiger partial charge is 0.00199 e. The van der Waals surface area contributed by atoms with Gasteiger partial charge in [-0.25, -0.2) is 0 Å². The molecule has 2 rings (SSSR count). The van der Waals surface area contributed by atoms with E-state index in [1.165, 1.54) is 116 Å². The minimum absolute atomic E-state index is 1.14. The van der Waals surface area contributed by atoms with Crippen molar-refractivity contribution in [2.45, 2.75) is 164 Å². The van der Waals surface area contributed by atoms with Crippen LogP contribution in [-0.2, 0) is 44.9 Å². The lowest BCUT2D eigenvalue weighted by molar-refractivity contribution is 0.738. The van der Waals surface area contributed by atoms with Gasteiger partial charge in [0, 0.05) is 0 Å². The minimum atomic E-state index is 1.14. The maximum Gasteiger partial charge on any atom is -0.00199 e. The molecule has 0 aliphatic heterocycles. The summed E-state index contributed by atoms with van der Waals surface area (Å²) in [5.74, 6) is 0. The molecule has 0 spiro atoms. The standard InChI is InChI=1S/C37H60/c1-7-13-19-30-25-32(21-15-9-3)36(23-17-11-5)34(27-30)29-35-28-31(20-14-8-2)26-33(22-16-10-4)37(35)24-18-12-6/h25-28H,7-24,29H2,1-6H3. The highest BCUT2D eigenvalue weighted by Crippen LogP contribution is 2.30. The monoisotopic (exact) mass is 504 g/mol. The molecule has 0 heterocycles. The van der Waals surface area contributed by atoms with E-state index in [0.29, 0.717) is 0 Å². The molecule has 208 valence electrons. The first kappa shape index (κ1) is 31.7. The molecule has 0 fully saturated rings. The van der Waals surface area contributed by atoms with E-state index in [2.05, 4.69) is 65.8 Å². The molecule has 0 nitrogen and oxygen atoms in total. The van der Waals surface area contributed by atoms with Gasteiger partial charge < -0.3 is 0 Å². The van der Waals surface area contributed by atoms with E-state index < -0.39 is 0 Å². The normalized spacial score (nSPS) is 11.4. The second-order valence-electron chi connectivity index (χ2n) is 11.6. The Morgan fingerprint density at radius 3 is 1.00 bits per heavy atom. The molecule has 0 aliphatic carbocycles. The lowest BCUT2D eigenvalue weighted by Crippen LogP contribution is -2.08. The third-order valence-electron chi connectivity index (χ3n) is 8.17. The number of hydrogen-bond donors (Lipinski definition) is 0. The fourth-order valence-electron chi connectivity index (χ4n) is 5.84. The zero-order valence-corrected chi connectivity index (χ0v) is 25.7. The summed E-state index contributed by atoms with van der Waals surface area (Å²) < 4.78 is 0. The molecular formula is C37H60. The Balaban J connectivity index is 2.64. The fraction of sp³-hybridized carbons (Fsp3) is 0.676. The van der Waals surface area contributed by atoms with E-state index in [0.717, 1.165) is 6.42 Å². The van der Waals surface area contributed by atoms with Crippen LogP contribution >= 0.6 is 0 Å². The van der Waals surface area contributed by atoms with Crippen molar-refractivity contribution in [1.82, 2.24) is 0 Å². The van der Waals surface area contributed by atoms with E-state index in [9.17, 15) is 0 Å². The number of benzene rings is 2. The number of aryl methyl sites for hydroxylation is 4. The molecule has 0 bridgehead atoms. The molecule has 0 N–H and O–H groups in total. The largest absolute Gasteiger partial charge is 0.0654 e. The molecule has 0 radical (unpaired) electrons. The van der Waals surface area contributed by atoms with Gasteiger partial charge in [0.25, 0.3) is 0 Å². The van der Waals surface area contributed by atoms with Crippen molar-refractivity contribution in [2.75, 3.05) is 0 Å². The average molecular weight is 505 g/mol. The van der Waals surface area contributed by atoms with E-state index in [-0.39, 0.29) is 0 Å². The molecule has 2 aromatic rings. The summed E-state index contributed by atoms with van der Waals surface area (Å²) in [6, 6.07) is 10.5. The molecule has 0 amide bonds. The number of hydrogen-bond acceptors (Lipinski definition) is 0. The van der Waals surface area contributed by atoms with Crippen molar-refractivity contribution < 1.29 is 0 Å². The van der Waals surface area contributed by atoms with Gasteiger partial charge in [-0.15, -0.1) is 0 Å². The Labute approximate surface area is 232 Å². The molecule has 37 heavy (non-hydrogen) atoms. The summed E-state index contributed by atoms with van der Waals surface area (Å²) in [7, 11) is 0. The van der Waals surface area contributed by atoms with E-state index >= 15 is 0 Å². The Bertz CT molecular complexity index is 814. The van der Waals surface area contributed by atoms with Gasteiger partial charge in [-0.3, -0.25) is 0 Å². The zero-order valence-electron chi connectivity index (χ0n) is 25.7. The molecule has 0 aliphatic rings. The van der Waals surface area contributed by atoms with Crippen LogP contribution < -0.4 is 0 Å². The minimum Gasteiger partial charge on any atom is -0.0654 e. The highest BCUT2D eigenvalue weighted by molar-refractivity contribution is 5.47. The van der Waals surface area contributed by atoms with Crippen molar-refractivity contribution in [3.63, 3.8) is 0 Å². The predicted molar refractivity (Wildman–Crippen MR) is 167 cm³/mol. The molecule has 0 saturated carbocycles. The zero-order chi connectivity index (χ0) is 26.9. The summed E-state index contributed by atoms with van der Waals surface area (Å²) in [6.45, 7) is 14.0. The Kier molecular flexibility index (Phi) is 16.0. The first-order valence-electron chi connectivity index (χ1n) is 16.4.